The summed E-state index contributed by atoms with van der Waals surface area (Å²) in [5.74, 6) is 0.0899. The van der Waals surface area contributed by atoms with Gasteiger partial charge in [0.25, 0.3) is 5.91 Å². The van der Waals surface area contributed by atoms with Crippen molar-refractivity contribution in [1.29, 1.82) is 0 Å². The first-order valence-electron chi connectivity index (χ1n) is 6.24. The number of aromatic nitrogens is 1. The van der Waals surface area contributed by atoms with Gasteiger partial charge in [0.1, 0.15) is 5.56 Å². The highest BCUT2D eigenvalue weighted by Gasteiger charge is 2.14. The van der Waals surface area contributed by atoms with Crippen LogP contribution in [0.25, 0.3) is 0 Å². The Morgan fingerprint density at radius 2 is 2.20 bits per heavy atom. The molecule has 0 bridgehead atoms. The number of anilines is 1. The molecule has 0 saturated carbocycles. The zero-order valence-corrected chi connectivity index (χ0v) is 12.9. The standard InChI is InChI=1S/C15H15BrN2O2/c1-3-10-9-11(16)6-7-13(10)18-14(19)12-5-4-8-17-15(12)20-2/h4-9H,3H2,1-2H3,(H,18,19). The second kappa shape index (κ2) is 6.52. The van der Waals surface area contributed by atoms with E-state index in [1.54, 1.807) is 18.3 Å². The van der Waals surface area contributed by atoms with Crippen molar-refractivity contribution in [3.63, 3.8) is 0 Å². The molecule has 1 heterocycles. The van der Waals surface area contributed by atoms with E-state index >= 15 is 0 Å². The molecule has 0 atom stereocenters. The quantitative estimate of drug-likeness (QED) is 0.928. The molecule has 0 aliphatic rings. The van der Waals surface area contributed by atoms with Crippen molar-refractivity contribution >= 4 is 27.5 Å². The Balaban J connectivity index is 2.28. The highest BCUT2D eigenvalue weighted by Crippen LogP contribution is 2.23. The van der Waals surface area contributed by atoms with E-state index < -0.39 is 0 Å². The zero-order valence-electron chi connectivity index (χ0n) is 11.3. The molecule has 20 heavy (non-hydrogen) atoms. The van der Waals surface area contributed by atoms with E-state index in [4.69, 9.17) is 4.74 Å². The van der Waals surface area contributed by atoms with Gasteiger partial charge in [-0.3, -0.25) is 4.79 Å². The molecule has 4 nitrogen and oxygen atoms in total. The number of methoxy groups -OCH3 is 1. The van der Waals surface area contributed by atoms with Crippen molar-refractivity contribution in [2.75, 3.05) is 12.4 Å². The van der Waals surface area contributed by atoms with Crippen LogP contribution in [0.2, 0.25) is 0 Å². The van der Waals surface area contributed by atoms with Crippen molar-refractivity contribution in [2.45, 2.75) is 13.3 Å². The maximum absolute atomic E-state index is 12.3. The lowest BCUT2D eigenvalue weighted by Crippen LogP contribution is -2.14. The van der Waals surface area contributed by atoms with Gasteiger partial charge in [-0.05, 0) is 42.3 Å². The number of carbonyl (C=O) groups is 1. The van der Waals surface area contributed by atoms with E-state index in [-0.39, 0.29) is 5.91 Å². The normalized spacial score (nSPS) is 10.2. The smallest absolute Gasteiger partial charge is 0.261 e. The van der Waals surface area contributed by atoms with Crippen LogP contribution in [0.4, 0.5) is 5.69 Å². The minimum atomic E-state index is -0.230. The maximum Gasteiger partial charge on any atom is 0.261 e. The number of pyridine rings is 1. The first-order chi connectivity index (χ1) is 9.65. The SMILES string of the molecule is CCc1cc(Br)ccc1NC(=O)c1cccnc1OC. The molecule has 104 valence electrons. The summed E-state index contributed by atoms with van der Waals surface area (Å²) in [5, 5.41) is 2.90. The van der Waals surface area contributed by atoms with Gasteiger partial charge in [-0.15, -0.1) is 0 Å². The largest absolute Gasteiger partial charge is 0.480 e. The zero-order chi connectivity index (χ0) is 14.5. The predicted octanol–water partition coefficient (Wildman–Crippen LogP) is 3.67. The fourth-order valence-electron chi connectivity index (χ4n) is 1.89. The number of benzene rings is 1. The number of rotatable bonds is 4. The number of amides is 1. The van der Waals surface area contributed by atoms with Crippen LogP contribution >= 0.6 is 15.9 Å². The second-order valence-corrected chi connectivity index (χ2v) is 5.09. The molecule has 0 spiro atoms. The van der Waals surface area contributed by atoms with Crippen LogP contribution in [0, 0.1) is 0 Å². The Bertz CT molecular complexity index is 629. The van der Waals surface area contributed by atoms with E-state index in [0.29, 0.717) is 11.4 Å². The van der Waals surface area contributed by atoms with Crippen LogP contribution in [0.15, 0.2) is 41.0 Å². The fourth-order valence-corrected chi connectivity index (χ4v) is 2.30. The number of hydrogen-bond acceptors (Lipinski definition) is 3. The molecule has 0 aliphatic heterocycles. The summed E-state index contributed by atoms with van der Waals surface area (Å²) in [4.78, 5) is 16.3. The summed E-state index contributed by atoms with van der Waals surface area (Å²) in [5.41, 5.74) is 2.28. The molecular weight excluding hydrogens is 320 g/mol. The van der Waals surface area contributed by atoms with E-state index in [1.807, 2.05) is 25.1 Å². The average molecular weight is 335 g/mol. The Labute approximate surface area is 126 Å². The van der Waals surface area contributed by atoms with Gasteiger partial charge in [0.15, 0.2) is 0 Å². The first kappa shape index (κ1) is 14.5. The summed E-state index contributed by atoms with van der Waals surface area (Å²) < 4.78 is 6.09. The molecular formula is C15H15BrN2O2. The van der Waals surface area contributed by atoms with Crippen LogP contribution in [-0.2, 0) is 6.42 Å². The molecule has 2 aromatic rings. The van der Waals surface area contributed by atoms with Gasteiger partial charge in [0.05, 0.1) is 7.11 Å². The molecule has 1 aromatic heterocycles. The van der Waals surface area contributed by atoms with Gasteiger partial charge in [-0.25, -0.2) is 4.98 Å². The first-order valence-corrected chi connectivity index (χ1v) is 7.03. The highest BCUT2D eigenvalue weighted by atomic mass is 79.9. The fraction of sp³-hybridized carbons (Fsp3) is 0.200. The van der Waals surface area contributed by atoms with Crippen molar-refractivity contribution in [3.05, 3.63) is 52.1 Å². The topological polar surface area (TPSA) is 51.2 Å². The number of nitrogens with zero attached hydrogens (tertiary/aromatic N) is 1. The van der Waals surface area contributed by atoms with Crippen LogP contribution in [0.5, 0.6) is 5.88 Å². The van der Waals surface area contributed by atoms with E-state index in [9.17, 15) is 4.79 Å². The second-order valence-electron chi connectivity index (χ2n) is 4.17. The average Bonchev–Trinajstić information content (AvgIpc) is 2.48. The van der Waals surface area contributed by atoms with Gasteiger partial charge < -0.3 is 10.1 Å². The predicted molar refractivity (Wildman–Crippen MR) is 82.3 cm³/mol. The molecule has 0 fully saturated rings. The van der Waals surface area contributed by atoms with E-state index in [2.05, 4.69) is 26.2 Å². The lowest BCUT2D eigenvalue weighted by molar-refractivity contribution is 0.102. The highest BCUT2D eigenvalue weighted by molar-refractivity contribution is 9.10. The number of ether oxygens (including phenoxy) is 1. The number of carbonyl (C=O) groups excluding carboxylic acids is 1. The summed E-state index contributed by atoms with van der Waals surface area (Å²) >= 11 is 3.43. The molecule has 0 saturated heterocycles. The third kappa shape index (κ3) is 3.17. The Morgan fingerprint density at radius 3 is 2.90 bits per heavy atom. The van der Waals surface area contributed by atoms with Crippen molar-refractivity contribution < 1.29 is 9.53 Å². The maximum atomic E-state index is 12.3. The Hall–Kier alpha value is -1.88. The number of halogens is 1. The van der Waals surface area contributed by atoms with Crippen LogP contribution in [0.1, 0.15) is 22.8 Å². The Kier molecular flexibility index (Phi) is 4.74. The van der Waals surface area contributed by atoms with Crippen LogP contribution < -0.4 is 10.1 Å². The number of hydrogen-bond donors (Lipinski definition) is 1. The summed E-state index contributed by atoms with van der Waals surface area (Å²) in [7, 11) is 1.50. The van der Waals surface area contributed by atoms with Gasteiger partial charge >= 0.3 is 0 Å². The monoisotopic (exact) mass is 334 g/mol. The van der Waals surface area contributed by atoms with Crippen molar-refractivity contribution in [3.8, 4) is 5.88 Å². The minimum absolute atomic E-state index is 0.230. The van der Waals surface area contributed by atoms with E-state index in [1.165, 1.54) is 7.11 Å². The molecule has 1 N–H and O–H groups in total. The molecule has 5 heteroatoms. The van der Waals surface area contributed by atoms with Gasteiger partial charge in [-0.1, -0.05) is 22.9 Å². The lowest BCUT2D eigenvalue weighted by atomic mass is 10.1. The Morgan fingerprint density at radius 1 is 1.40 bits per heavy atom. The van der Waals surface area contributed by atoms with Crippen molar-refractivity contribution in [2.24, 2.45) is 0 Å². The summed E-state index contributed by atoms with van der Waals surface area (Å²) in [6.07, 6.45) is 2.42. The van der Waals surface area contributed by atoms with Crippen LogP contribution in [0.3, 0.4) is 0 Å². The van der Waals surface area contributed by atoms with Gasteiger partial charge in [0.2, 0.25) is 5.88 Å². The molecule has 2 rings (SSSR count). The number of aryl methyl sites for hydroxylation is 1. The number of nitrogens with one attached hydrogen (secondary N) is 1. The van der Waals surface area contributed by atoms with Gasteiger partial charge in [-0.2, -0.15) is 0 Å². The third-order valence-electron chi connectivity index (χ3n) is 2.91. The van der Waals surface area contributed by atoms with E-state index in [0.717, 1.165) is 22.1 Å². The minimum Gasteiger partial charge on any atom is -0.480 e. The molecule has 0 radical (unpaired) electrons. The van der Waals surface area contributed by atoms with Crippen LogP contribution in [-0.4, -0.2) is 18.0 Å². The third-order valence-corrected chi connectivity index (χ3v) is 3.40. The van der Waals surface area contributed by atoms with Gasteiger partial charge in [0, 0.05) is 16.4 Å². The molecule has 1 amide bonds. The summed E-state index contributed by atoms with van der Waals surface area (Å²) in [6.45, 7) is 2.04. The lowest BCUT2D eigenvalue weighted by Gasteiger charge is -2.11. The van der Waals surface area contributed by atoms with Crippen molar-refractivity contribution in [1.82, 2.24) is 4.98 Å². The molecule has 0 unspecified atom stereocenters. The molecule has 0 aliphatic carbocycles. The summed E-state index contributed by atoms with van der Waals surface area (Å²) in [6, 6.07) is 9.17. The molecule has 1 aromatic carbocycles.